The maximum atomic E-state index is 12.9. The third-order valence-corrected chi connectivity index (χ3v) is 4.51. The number of ether oxygens (including phenoxy) is 1. The lowest BCUT2D eigenvalue weighted by atomic mass is 10.2. The lowest BCUT2D eigenvalue weighted by molar-refractivity contribution is -0.115. The third-order valence-electron chi connectivity index (χ3n) is 3.21. The highest BCUT2D eigenvalue weighted by Crippen LogP contribution is 2.31. The summed E-state index contributed by atoms with van der Waals surface area (Å²) in [6, 6.07) is 11.4. The van der Waals surface area contributed by atoms with Gasteiger partial charge in [0.25, 0.3) is 11.1 Å². The molecule has 0 aliphatic carbocycles. The lowest BCUT2D eigenvalue weighted by Gasteiger charge is -2.10. The first kappa shape index (κ1) is 16.7. The molecule has 1 aliphatic rings. The van der Waals surface area contributed by atoms with Gasteiger partial charge in [-0.15, -0.1) is 0 Å². The molecule has 122 valence electrons. The Hall–Kier alpha value is -2.12. The summed E-state index contributed by atoms with van der Waals surface area (Å²) >= 11 is 4.22. The summed E-state index contributed by atoms with van der Waals surface area (Å²) in [6.07, 6.45) is 1.61. The highest BCUT2D eigenvalue weighted by molar-refractivity contribution is 9.10. The van der Waals surface area contributed by atoms with E-state index in [1.165, 1.54) is 12.1 Å². The molecule has 2 aromatic carbocycles. The zero-order valence-corrected chi connectivity index (χ0v) is 14.6. The molecular weight excluding hydrogens is 397 g/mol. The molecule has 3 rings (SSSR count). The Kier molecular flexibility index (Phi) is 5.01. The van der Waals surface area contributed by atoms with Crippen molar-refractivity contribution in [3.05, 3.63) is 68.8 Å². The van der Waals surface area contributed by atoms with Crippen LogP contribution in [0.2, 0.25) is 0 Å². The standard InChI is InChI=1S/C17H11BrFNO3S/c18-12-3-6-14(23-9-10-1-4-13(19)5-2-10)11(7-12)8-15-16(21)20-17(22)24-15/h1-8H,9H2,(H,20,21,22)/b15-8-. The second-order valence-corrected chi connectivity index (χ2v) is 6.88. The third kappa shape index (κ3) is 4.04. The normalized spacial score (nSPS) is 15.7. The van der Waals surface area contributed by atoms with E-state index in [2.05, 4.69) is 21.2 Å². The summed E-state index contributed by atoms with van der Waals surface area (Å²) in [5, 5.41) is 1.82. The van der Waals surface area contributed by atoms with Gasteiger partial charge in [0.2, 0.25) is 0 Å². The van der Waals surface area contributed by atoms with Crippen LogP contribution >= 0.6 is 27.7 Å². The number of benzene rings is 2. The van der Waals surface area contributed by atoms with Crippen LogP contribution in [0.5, 0.6) is 5.75 Å². The number of rotatable bonds is 4. The predicted molar refractivity (Wildman–Crippen MR) is 94.0 cm³/mol. The fourth-order valence-corrected chi connectivity index (χ4v) is 3.12. The molecule has 0 spiro atoms. The van der Waals surface area contributed by atoms with Crippen molar-refractivity contribution in [1.29, 1.82) is 0 Å². The molecule has 24 heavy (non-hydrogen) atoms. The fraction of sp³-hybridized carbons (Fsp3) is 0.0588. The van der Waals surface area contributed by atoms with Gasteiger partial charge in [0.1, 0.15) is 18.2 Å². The number of imide groups is 1. The molecular formula is C17H11BrFNO3S. The number of halogens is 2. The first-order valence-electron chi connectivity index (χ1n) is 6.93. The molecule has 1 aliphatic heterocycles. The summed E-state index contributed by atoms with van der Waals surface area (Å²) in [5.41, 5.74) is 1.49. The fourth-order valence-electron chi connectivity index (χ4n) is 2.07. The van der Waals surface area contributed by atoms with Crippen LogP contribution in [0.3, 0.4) is 0 Å². The zero-order valence-electron chi connectivity index (χ0n) is 12.2. The molecule has 1 fully saturated rings. The summed E-state index contributed by atoms with van der Waals surface area (Å²) in [6.45, 7) is 0.260. The minimum atomic E-state index is -0.422. The van der Waals surface area contributed by atoms with E-state index >= 15 is 0 Å². The van der Waals surface area contributed by atoms with Crippen LogP contribution in [0.15, 0.2) is 51.8 Å². The quantitative estimate of drug-likeness (QED) is 0.758. The van der Waals surface area contributed by atoms with E-state index in [1.54, 1.807) is 30.3 Å². The number of carbonyl (C=O) groups excluding carboxylic acids is 2. The van der Waals surface area contributed by atoms with E-state index < -0.39 is 11.1 Å². The van der Waals surface area contributed by atoms with Crippen LogP contribution in [0.25, 0.3) is 6.08 Å². The van der Waals surface area contributed by atoms with Gasteiger partial charge in [-0.2, -0.15) is 0 Å². The van der Waals surface area contributed by atoms with Crippen LogP contribution in [0.1, 0.15) is 11.1 Å². The van der Waals surface area contributed by atoms with Crippen molar-refractivity contribution < 1.29 is 18.7 Å². The highest BCUT2D eigenvalue weighted by Gasteiger charge is 2.25. The lowest BCUT2D eigenvalue weighted by Crippen LogP contribution is -2.17. The van der Waals surface area contributed by atoms with Gasteiger partial charge in [-0.05, 0) is 53.7 Å². The van der Waals surface area contributed by atoms with Crippen molar-refractivity contribution in [2.75, 3.05) is 0 Å². The predicted octanol–water partition coefficient (Wildman–Crippen LogP) is 4.49. The largest absolute Gasteiger partial charge is 0.488 e. The van der Waals surface area contributed by atoms with Gasteiger partial charge in [-0.25, -0.2) is 4.39 Å². The minimum Gasteiger partial charge on any atom is -0.488 e. The Bertz CT molecular complexity index is 836. The van der Waals surface area contributed by atoms with Crippen LogP contribution < -0.4 is 10.1 Å². The van der Waals surface area contributed by atoms with Crippen molar-refractivity contribution in [2.45, 2.75) is 6.61 Å². The van der Waals surface area contributed by atoms with Crippen molar-refractivity contribution in [3.8, 4) is 5.75 Å². The molecule has 2 amide bonds. The van der Waals surface area contributed by atoms with Gasteiger partial charge in [-0.3, -0.25) is 14.9 Å². The molecule has 1 heterocycles. The molecule has 0 saturated carbocycles. The second kappa shape index (κ2) is 7.19. The van der Waals surface area contributed by atoms with Crippen LogP contribution in [0.4, 0.5) is 9.18 Å². The molecule has 1 N–H and O–H groups in total. The second-order valence-electron chi connectivity index (χ2n) is 4.95. The number of thioether (sulfide) groups is 1. The number of hydrogen-bond donors (Lipinski definition) is 1. The number of amides is 2. The molecule has 0 aromatic heterocycles. The summed E-state index contributed by atoms with van der Waals surface area (Å²) in [7, 11) is 0. The van der Waals surface area contributed by atoms with Crippen LogP contribution in [-0.4, -0.2) is 11.1 Å². The first-order chi connectivity index (χ1) is 11.5. The Labute approximate surface area is 150 Å². The monoisotopic (exact) mass is 407 g/mol. The van der Waals surface area contributed by atoms with Crippen molar-refractivity contribution in [2.24, 2.45) is 0 Å². The van der Waals surface area contributed by atoms with Gasteiger partial charge in [0.05, 0.1) is 4.91 Å². The topological polar surface area (TPSA) is 55.4 Å². The zero-order chi connectivity index (χ0) is 17.1. The Morgan fingerprint density at radius 1 is 1.17 bits per heavy atom. The average Bonchev–Trinajstić information content (AvgIpc) is 2.86. The molecule has 0 unspecified atom stereocenters. The summed E-state index contributed by atoms with van der Waals surface area (Å²) in [4.78, 5) is 23.3. The minimum absolute atomic E-state index is 0.260. The molecule has 0 bridgehead atoms. The SMILES string of the molecule is O=C1NC(=O)/C(=C/c2cc(Br)ccc2OCc2ccc(F)cc2)S1. The van der Waals surface area contributed by atoms with E-state index in [0.717, 1.165) is 21.8 Å². The number of hydrogen-bond acceptors (Lipinski definition) is 4. The number of carbonyl (C=O) groups is 2. The summed E-state index contributed by atoms with van der Waals surface area (Å²) in [5.74, 6) is -0.168. The molecule has 0 radical (unpaired) electrons. The summed E-state index contributed by atoms with van der Waals surface area (Å²) < 4.78 is 19.5. The Balaban J connectivity index is 1.83. The van der Waals surface area contributed by atoms with Gasteiger partial charge < -0.3 is 4.74 Å². The Morgan fingerprint density at radius 2 is 1.92 bits per heavy atom. The van der Waals surface area contributed by atoms with Crippen molar-refractivity contribution >= 4 is 44.9 Å². The first-order valence-corrected chi connectivity index (χ1v) is 8.54. The van der Waals surface area contributed by atoms with E-state index in [9.17, 15) is 14.0 Å². The van der Waals surface area contributed by atoms with Crippen molar-refractivity contribution in [3.63, 3.8) is 0 Å². The van der Waals surface area contributed by atoms with E-state index in [4.69, 9.17) is 4.74 Å². The molecule has 7 heteroatoms. The number of nitrogens with one attached hydrogen (secondary N) is 1. The smallest absolute Gasteiger partial charge is 0.290 e. The molecule has 1 saturated heterocycles. The van der Waals surface area contributed by atoms with Gasteiger partial charge in [-0.1, -0.05) is 28.1 Å². The van der Waals surface area contributed by atoms with E-state index in [1.807, 2.05) is 6.07 Å². The van der Waals surface area contributed by atoms with Gasteiger partial charge in [0.15, 0.2) is 0 Å². The molecule has 4 nitrogen and oxygen atoms in total. The molecule has 0 atom stereocenters. The van der Waals surface area contributed by atoms with E-state index in [0.29, 0.717) is 16.2 Å². The van der Waals surface area contributed by atoms with Crippen LogP contribution in [-0.2, 0) is 11.4 Å². The molecule has 2 aromatic rings. The maximum absolute atomic E-state index is 12.9. The maximum Gasteiger partial charge on any atom is 0.290 e. The van der Waals surface area contributed by atoms with Crippen molar-refractivity contribution in [1.82, 2.24) is 5.32 Å². The van der Waals surface area contributed by atoms with Crippen LogP contribution in [0, 0.1) is 5.82 Å². The van der Waals surface area contributed by atoms with E-state index in [-0.39, 0.29) is 12.4 Å². The average molecular weight is 408 g/mol. The highest BCUT2D eigenvalue weighted by atomic mass is 79.9. The Morgan fingerprint density at radius 3 is 2.58 bits per heavy atom. The van der Waals surface area contributed by atoms with Gasteiger partial charge in [0, 0.05) is 10.0 Å². The van der Waals surface area contributed by atoms with Gasteiger partial charge >= 0.3 is 0 Å².